The molecule has 2 unspecified atom stereocenters. The molecule has 0 saturated carbocycles. The molecule has 0 heterocycles. The van der Waals surface area contributed by atoms with E-state index in [0.29, 0.717) is 12.0 Å². The van der Waals surface area contributed by atoms with Gasteiger partial charge in [-0.15, -0.1) is 0 Å². The SMILES string of the molecule is CCC(N)CC(=O)NC(C)c1ccc(C)c(F)c1. The van der Waals surface area contributed by atoms with Crippen LogP contribution in [-0.4, -0.2) is 11.9 Å². The maximum atomic E-state index is 13.4. The quantitative estimate of drug-likeness (QED) is 0.845. The molecule has 1 amide bonds. The molecule has 100 valence electrons. The third-order valence-corrected chi connectivity index (χ3v) is 3.05. The Labute approximate surface area is 108 Å². The van der Waals surface area contributed by atoms with E-state index < -0.39 is 0 Å². The third-order valence-electron chi connectivity index (χ3n) is 3.05. The zero-order valence-electron chi connectivity index (χ0n) is 11.2. The Kier molecular flexibility index (Phi) is 5.28. The van der Waals surface area contributed by atoms with Crippen LogP contribution in [0.3, 0.4) is 0 Å². The largest absolute Gasteiger partial charge is 0.350 e. The van der Waals surface area contributed by atoms with Crippen molar-refractivity contribution in [2.45, 2.75) is 45.7 Å². The van der Waals surface area contributed by atoms with Gasteiger partial charge in [0.1, 0.15) is 5.82 Å². The summed E-state index contributed by atoms with van der Waals surface area (Å²) in [5, 5.41) is 2.82. The Morgan fingerprint density at radius 1 is 1.50 bits per heavy atom. The molecule has 18 heavy (non-hydrogen) atoms. The number of benzene rings is 1. The Hall–Kier alpha value is -1.42. The molecular formula is C14H21FN2O. The van der Waals surface area contributed by atoms with E-state index in [1.807, 2.05) is 19.9 Å². The molecule has 0 aromatic heterocycles. The molecule has 0 aliphatic carbocycles. The van der Waals surface area contributed by atoms with Gasteiger partial charge >= 0.3 is 0 Å². The van der Waals surface area contributed by atoms with Gasteiger partial charge in [0.15, 0.2) is 0 Å². The number of rotatable bonds is 5. The Balaban J connectivity index is 2.62. The van der Waals surface area contributed by atoms with Gasteiger partial charge in [-0.05, 0) is 37.5 Å². The number of amides is 1. The first-order chi connectivity index (χ1) is 8.43. The zero-order chi connectivity index (χ0) is 13.7. The predicted octanol–water partition coefficient (Wildman–Crippen LogP) is 2.44. The number of nitrogens with two attached hydrogens (primary N) is 1. The predicted molar refractivity (Wildman–Crippen MR) is 70.6 cm³/mol. The van der Waals surface area contributed by atoms with Gasteiger partial charge in [-0.3, -0.25) is 4.79 Å². The molecule has 0 spiro atoms. The van der Waals surface area contributed by atoms with Crippen molar-refractivity contribution in [2.24, 2.45) is 5.73 Å². The van der Waals surface area contributed by atoms with Gasteiger partial charge in [0.25, 0.3) is 0 Å². The molecular weight excluding hydrogens is 231 g/mol. The number of carbonyl (C=O) groups is 1. The van der Waals surface area contributed by atoms with E-state index in [4.69, 9.17) is 5.73 Å². The van der Waals surface area contributed by atoms with E-state index in [1.54, 1.807) is 13.0 Å². The third kappa shape index (κ3) is 4.11. The van der Waals surface area contributed by atoms with Gasteiger partial charge in [0, 0.05) is 12.5 Å². The molecule has 1 aromatic carbocycles. The Morgan fingerprint density at radius 2 is 2.17 bits per heavy atom. The van der Waals surface area contributed by atoms with E-state index in [0.717, 1.165) is 12.0 Å². The number of aryl methyl sites for hydroxylation is 1. The summed E-state index contributed by atoms with van der Waals surface area (Å²) >= 11 is 0. The van der Waals surface area contributed by atoms with Gasteiger partial charge in [0.05, 0.1) is 6.04 Å². The maximum absolute atomic E-state index is 13.4. The summed E-state index contributed by atoms with van der Waals surface area (Å²) in [6.07, 6.45) is 1.07. The van der Waals surface area contributed by atoms with E-state index in [2.05, 4.69) is 5.32 Å². The van der Waals surface area contributed by atoms with Crippen molar-refractivity contribution in [1.82, 2.24) is 5.32 Å². The number of hydrogen-bond acceptors (Lipinski definition) is 2. The summed E-state index contributed by atoms with van der Waals surface area (Å²) in [7, 11) is 0. The number of nitrogens with one attached hydrogen (secondary N) is 1. The first-order valence-electron chi connectivity index (χ1n) is 6.25. The van der Waals surface area contributed by atoms with Crippen molar-refractivity contribution >= 4 is 5.91 Å². The number of hydrogen-bond donors (Lipinski definition) is 2. The number of carbonyl (C=O) groups excluding carboxylic acids is 1. The van der Waals surface area contributed by atoms with Crippen molar-refractivity contribution in [3.8, 4) is 0 Å². The van der Waals surface area contributed by atoms with E-state index in [1.165, 1.54) is 6.07 Å². The van der Waals surface area contributed by atoms with Crippen molar-refractivity contribution in [1.29, 1.82) is 0 Å². The van der Waals surface area contributed by atoms with Gasteiger partial charge in [-0.2, -0.15) is 0 Å². The molecule has 1 aromatic rings. The summed E-state index contributed by atoms with van der Waals surface area (Å²) in [4.78, 5) is 11.7. The summed E-state index contributed by atoms with van der Waals surface area (Å²) in [6, 6.07) is 4.66. The van der Waals surface area contributed by atoms with E-state index in [-0.39, 0.29) is 23.8 Å². The second-order valence-electron chi connectivity index (χ2n) is 4.67. The minimum absolute atomic E-state index is 0.0992. The first-order valence-corrected chi connectivity index (χ1v) is 6.25. The highest BCUT2D eigenvalue weighted by Crippen LogP contribution is 2.16. The molecule has 0 aliphatic rings. The second kappa shape index (κ2) is 6.50. The van der Waals surface area contributed by atoms with Crippen LogP contribution in [0.5, 0.6) is 0 Å². The van der Waals surface area contributed by atoms with Crippen molar-refractivity contribution < 1.29 is 9.18 Å². The summed E-state index contributed by atoms with van der Waals surface area (Å²) < 4.78 is 13.4. The van der Waals surface area contributed by atoms with Crippen LogP contribution in [0.15, 0.2) is 18.2 Å². The average Bonchev–Trinajstić information content (AvgIpc) is 2.32. The standard InChI is InChI=1S/C14H21FN2O/c1-4-12(16)8-14(18)17-10(3)11-6-5-9(2)13(15)7-11/h5-7,10,12H,4,8,16H2,1-3H3,(H,17,18). The minimum atomic E-state index is -0.251. The van der Waals surface area contributed by atoms with Crippen LogP contribution in [0, 0.1) is 12.7 Å². The van der Waals surface area contributed by atoms with Crippen molar-refractivity contribution in [2.75, 3.05) is 0 Å². The molecule has 0 radical (unpaired) electrons. The Morgan fingerprint density at radius 3 is 2.72 bits per heavy atom. The smallest absolute Gasteiger partial charge is 0.222 e. The molecule has 0 bridgehead atoms. The monoisotopic (exact) mass is 252 g/mol. The summed E-state index contributed by atoms with van der Waals surface area (Å²) in [5.74, 6) is -0.350. The van der Waals surface area contributed by atoms with Crippen LogP contribution in [0.1, 0.15) is 43.9 Å². The summed E-state index contributed by atoms with van der Waals surface area (Å²) in [5.41, 5.74) is 7.07. The van der Waals surface area contributed by atoms with Gasteiger partial charge in [0.2, 0.25) is 5.91 Å². The maximum Gasteiger partial charge on any atom is 0.222 e. The normalized spacial score (nSPS) is 14.1. The minimum Gasteiger partial charge on any atom is -0.350 e. The van der Waals surface area contributed by atoms with Crippen molar-refractivity contribution in [3.05, 3.63) is 35.1 Å². The molecule has 0 saturated heterocycles. The average molecular weight is 252 g/mol. The number of halogens is 1. The van der Waals surface area contributed by atoms with Gasteiger partial charge < -0.3 is 11.1 Å². The molecule has 0 aliphatic heterocycles. The lowest BCUT2D eigenvalue weighted by atomic mass is 10.1. The van der Waals surface area contributed by atoms with Crippen LogP contribution in [0.4, 0.5) is 4.39 Å². The molecule has 2 atom stereocenters. The highest BCUT2D eigenvalue weighted by atomic mass is 19.1. The van der Waals surface area contributed by atoms with Crippen molar-refractivity contribution in [3.63, 3.8) is 0 Å². The molecule has 3 nitrogen and oxygen atoms in total. The highest BCUT2D eigenvalue weighted by Gasteiger charge is 2.13. The zero-order valence-corrected chi connectivity index (χ0v) is 11.2. The van der Waals surface area contributed by atoms with Crippen LogP contribution in [-0.2, 0) is 4.79 Å². The van der Waals surface area contributed by atoms with Crippen LogP contribution >= 0.6 is 0 Å². The van der Waals surface area contributed by atoms with E-state index >= 15 is 0 Å². The fourth-order valence-corrected chi connectivity index (χ4v) is 1.64. The van der Waals surface area contributed by atoms with Crippen LogP contribution < -0.4 is 11.1 Å². The van der Waals surface area contributed by atoms with Gasteiger partial charge in [-0.1, -0.05) is 19.1 Å². The van der Waals surface area contributed by atoms with Crippen LogP contribution in [0.25, 0.3) is 0 Å². The summed E-state index contributed by atoms with van der Waals surface area (Å²) in [6.45, 7) is 5.48. The molecule has 1 rings (SSSR count). The van der Waals surface area contributed by atoms with Crippen LogP contribution in [0.2, 0.25) is 0 Å². The molecule has 0 fully saturated rings. The Bertz CT molecular complexity index is 420. The molecule has 4 heteroatoms. The first kappa shape index (κ1) is 14.6. The molecule has 3 N–H and O–H groups in total. The lowest BCUT2D eigenvalue weighted by molar-refractivity contribution is -0.122. The van der Waals surface area contributed by atoms with Gasteiger partial charge in [-0.25, -0.2) is 4.39 Å². The highest BCUT2D eigenvalue weighted by molar-refractivity contribution is 5.77. The second-order valence-corrected chi connectivity index (χ2v) is 4.67. The lowest BCUT2D eigenvalue weighted by Crippen LogP contribution is -2.32. The lowest BCUT2D eigenvalue weighted by Gasteiger charge is -2.16. The topological polar surface area (TPSA) is 55.1 Å². The fraction of sp³-hybridized carbons (Fsp3) is 0.500. The fourth-order valence-electron chi connectivity index (χ4n) is 1.64. The van der Waals surface area contributed by atoms with E-state index in [9.17, 15) is 9.18 Å².